The Morgan fingerprint density at radius 3 is 1.43 bits per heavy atom. The molecule has 0 saturated heterocycles. The highest BCUT2D eigenvalue weighted by atomic mass is 31.2. The van der Waals surface area contributed by atoms with Gasteiger partial charge in [-0.05, 0) is 73.2 Å². The van der Waals surface area contributed by atoms with Gasteiger partial charge < -0.3 is 14.2 Å². The summed E-state index contributed by atoms with van der Waals surface area (Å²) in [5.74, 6) is 1.24. The summed E-state index contributed by atoms with van der Waals surface area (Å²) in [5, 5.41) is 14.4. The molecule has 0 aliphatic heterocycles. The van der Waals surface area contributed by atoms with Crippen molar-refractivity contribution in [3.8, 4) is 0 Å². The second kappa shape index (κ2) is 15.1. The van der Waals surface area contributed by atoms with Gasteiger partial charge in [0, 0.05) is 27.6 Å². The second-order valence-corrected chi connectivity index (χ2v) is 21.9. The summed E-state index contributed by atoms with van der Waals surface area (Å²) in [6.07, 6.45) is 6.40. The lowest BCUT2D eigenvalue weighted by molar-refractivity contribution is 0.206. The van der Waals surface area contributed by atoms with E-state index in [4.69, 9.17) is 0 Å². The molecule has 2 saturated carbocycles. The van der Waals surface area contributed by atoms with Crippen LogP contribution in [-0.2, 0) is 9.13 Å². The molecule has 3 nitrogen and oxygen atoms in total. The lowest BCUT2D eigenvalue weighted by Gasteiger charge is -2.47. The summed E-state index contributed by atoms with van der Waals surface area (Å²) in [6.45, 7) is 13.7. The molecular formula is C41H58O3P2. The van der Waals surface area contributed by atoms with Gasteiger partial charge in [0.1, 0.15) is 20.1 Å². The SMILES string of the molecule is CC(C)[C@@H]1CC[C@@H](C)C[C@H]1P(=O)(c1ccccc1)[C@H](O)C[C@@H](c1ccccc1)P(=O)(c1ccccc1)[C@@H]1C[C@H](C)CC[C@H]1C(C)C. The van der Waals surface area contributed by atoms with Crippen LogP contribution in [0.5, 0.6) is 0 Å². The molecule has 0 radical (unpaired) electrons. The van der Waals surface area contributed by atoms with E-state index in [0.29, 0.717) is 29.6 Å². The van der Waals surface area contributed by atoms with Crippen LogP contribution in [0.15, 0.2) is 91.0 Å². The van der Waals surface area contributed by atoms with Gasteiger partial charge in [0.05, 0.1) is 0 Å². The zero-order valence-electron chi connectivity index (χ0n) is 29.0. The first-order chi connectivity index (χ1) is 22.0. The van der Waals surface area contributed by atoms with Crippen molar-refractivity contribution >= 4 is 24.9 Å². The maximum Gasteiger partial charge on any atom is 0.145 e. The Hall–Kier alpha value is -1.92. The predicted octanol–water partition coefficient (Wildman–Crippen LogP) is 10.7. The Balaban J connectivity index is 1.70. The van der Waals surface area contributed by atoms with E-state index >= 15 is 9.13 Å². The van der Waals surface area contributed by atoms with Crippen molar-refractivity contribution in [3.05, 3.63) is 96.6 Å². The number of rotatable bonds is 11. The molecule has 1 N–H and O–H groups in total. The minimum Gasteiger partial charge on any atom is -0.385 e. The number of hydrogen-bond acceptors (Lipinski definition) is 3. The minimum atomic E-state index is -3.37. The number of benzene rings is 3. The molecular weight excluding hydrogens is 602 g/mol. The van der Waals surface area contributed by atoms with Gasteiger partial charge in [-0.3, -0.25) is 0 Å². The van der Waals surface area contributed by atoms with E-state index in [1.807, 2.05) is 66.7 Å². The van der Waals surface area contributed by atoms with E-state index in [2.05, 4.69) is 65.8 Å². The molecule has 5 heteroatoms. The van der Waals surface area contributed by atoms with Crippen molar-refractivity contribution in [2.75, 3.05) is 0 Å². The highest BCUT2D eigenvalue weighted by molar-refractivity contribution is 7.73. The summed E-state index contributed by atoms with van der Waals surface area (Å²) in [6, 6.07) is 30.3. The molecule has 0 spiro atoms. The van der Waals surface area contributed by atoms with Crippen LogP contribution in [0.4, 0.5) is 0 Å². The lowest BCUT2D eigenvalue weighted by atomic mass is 9.77. The van der Waals surface area contributed by atoms with Crippen LogP contribution in [0.2, 0.25) is 0 Å². The third kappa shape index (κ3) is 7.09. The third-order valence-electron chi connectivity index (χ3n) is 11.8. The van der Waals surface area contributed by atoms with Crippen LogP contribution in [0.1, 0.15) is 97.7 Å². The molecule has 250 valence electrons. The quantitative estimate of drug-likeness (QED) is 0.208. The molecule has 10 atom stereocenters. The van der Waals surface area contributed by atoms with Gasteiger partial charge in [-0.15, -0.1) is 0 Å². The molecule has 2 aliphatic rings. The van der Waals surface area contributed by atoms with E-state index in [1.165, 1.54) is 0 Å². The summed E-state index contributed by atoms with van der Waals surface area (Å²) in [5.41, 5.74) is 0.467. The number of aliphatic hydroxyl groups is 1. The Morgan fingerprint density at radius 1 is 0.609 bits per heavy atom. The Labute approximate surface area is 279 Å². The fraction of sp³-hybridized carbons (Fsp3) is 0.561. The van der Waals surface area contributed by atoms with Crippen LogP contribution in [0.3, 0.4) is 0 Å². The molecule has 2 aliphatic carbocycles. The van der Waals surface area contributed by atoms with Gasteiger partial charge in [0.25, 0.3) is 0 Å². The molecule has 3 aromatic carbocycles. The zero-order chi connectivity index (χ0) is 33.1. The highest BCUT2D eigenvalue weighted by Crippen LogP contribution is 2.71. The van der Waals surface area contributed by atoms with Crippen LogP contribution in [0, 0.1) is 35.5 Å². The normalized spacial score (nSPS) is 29.5. The maximum atomic E-state index is 16.5. The zero-order valence-corrected chi connectivity index (χ0v) is 30.8. The Bertz CT molecular complexity index is 1470. The van der Waals surface area contributed by atoms with Crippen LogP contribution >= 0.6 is 14.3 Å². The molecule has 3 aromatic rings. The third-order valence-corrected chi connectivity index (χ3v) is 19.7. The first kappa shape index (κ1) is 35.4. The summed E-state index contributed by atoms with van der Waals surface area (Å²) >= 11 is 0. The standard InChI is InChI=1S/C41H58O3P2/c1-29(2)36-24-22-31(5)26-39(36)45(43,34-18-12-8-13-19-34)38(33-16-10-7-11-17-33)28-41(42)46(44,35-20-14-9-15-21-35)40-27-32(6)23-25-37(40)30(3)4/h7-21,29-32,36-42H,22-28H2,1-6H3/t31-,32-,36+,37+,38+,39-,40-,41+,45?,46?/m1/s1. The average molecular weight is 661 g/mol. The minimum absolute atomic E-state index is 0.00489. The number of aliphatic hydroxyl groups excluding tert-OH is 1. The molecule has 0 heterocycles. The predicted molar refractivity (Wildman–Crippen MR) is 197 cm³/mol. The number of hydrogen-bond donors (Lipinski definition) is 1. The molecule has 46 heavy (non-hydrogen) atoms. The Kier molecular flexibility index (Phi) is 11.6. The van der Waals surface area contributed by atoms with Crippen molar-refractivity contribution in [1.82, 2.24) is 0 Å². The van der Waals surface area contributed by atoms with Gasteiger partial charge >= 0.3 is 0 Å². The molecule has 2 fully saturated rings. The van der Waals surface area contributed by atoms with Gasteiger partial charge in [0.2, 0.25) is 0 Å². The van der Waals surface area contributed by atoms with Gasteiger partial charge in [-0.25, -0.2) is 0 Å². The smallest absolute Gasteiger partial charge is 0.145 e. The largest absolute Gasteiger partial charge is 0.385 e. The monoisotopic (exact) mass is 660 g/mol. The van der Waals surface area contributed by atoms with Crippen LogP contribution < -0.4 is 10.6 Å². The highest BCUT2D eigenvalue weighted by Gasteiger charge is 2.53. The molecule has 0 aromatic heterocycles. The Morgan fingerprint density at radius 2 is 1.00 bits per heavy atom. The van der Waals surface area contributed by atoms with Crippen LogP contribution in [0.25, 0.3) is 0 Å². The maximum absolute atomic E-state index is 16.5. The summed E-state index contributed by atoms with van der Waals surface area (Å²) in [4.78, 5) is 0. The average Bonchev–Trinajstić information content (AvgIpc) is 3.07. The first-order valence-electron chi connectivity index (χ1n) is 18.0. The summed E-state index contributed by atoms with van der Waals surface area (Å²) in [7, 11) is -6.58. The molecule has 0 amide bonds. The van der Waals surface area contributed by atoms with Crippen molar-refractivity contribution in [2.24, 2.45) is 35.5 Å². The molecule has 5 rings (SSSR count). The van der Waals surface area contributed by atoms with Gasteiger partial charge in [-0.2, -0.15) is 0 Å². The van der Waals surface area contributed by atoms with Crippen molar-refractivity contribution in [1.29, 1.82) is 0 Å². The fourth-order valence-corrected chi connectivity index (χ4v) is 18.2. The van der Waals surface area contributed by atoms with E-state index in [9.17, 15) is 5.11 Å². The fourth-order valence-electron chi connectivity index (χ4n) is 9.24. The van der Waals surface area contributed by atoms with E-state index in [-0.39, 0.29) is 23.7 Å². The van der Waals surface area contributed by atoms with E-state index in [1.54, 1.807) is 0 Å². The topological polar surface area (TPSA) is 54.4 Å². The lowest BCUT2D eigenvalue weighted by Crippen LogP contribution is -2.39. The molecule has 2 unspecified atom stereocenters. The van der Waals surface area contributed by atoms with Crippen molar-refractivity contribution in [3.63, 3.8) is 0 Å². The summed E-state index contributed by atoms with van der Waals surface area (Å²) < 4.78 is 32.6. The van der Waals surface area contributed by atoms with Crippen molar-refractivity contribution in [2.45, 2.75) is 109 Å². The first-order valence-corrected chi connectivity index (χ1v) is 21.7. The van der Waals surface area contributed by atoms with Crippen molar-refractivity contribution < 1.29 is 14.2 Å². The van der Waals surface area contributed by atoms with Gasteiger partial charge in [-0.1, -0.05) is 145 Å². The second-order valence-electron chi connectivity index (χ2n) is 15.5. The van der Waals surface area contributed by atoms with Gasteiger partial charge in [0.15, 0.2) is 0 Å². The molecule has 0 bridgehead atoms. The van der Waals surface area contributed by atoms with E-state index < -0.39 is 25.8 Å². The van der Waals surface area contributed by atoms with E-state index in [0.717, 1.165) is 54.7 Å². The van der Waals surface area contributed by atoms with Crippen LogP contribution in [-0.4, -0.2) is 22.3 Å².